The molecule has 0 bridgehead atoms. The van der Waals surface area contributed by atoms with Crippen LogP contribution in [0, 0.1) is 18.8 Å². The lowest BCUT2D eigenvalue weighted by Crippen LogP contribution is -2.25. The molecule has 5 N–H and O–H groups in total. The number of aromatic amines is 1. The summed E-state index contributed by atoms with van der Waals surface area (Å²) in [5.41, 5.74) is 2.12. The van der Waals surface area contributed by atoms with Gasteiger partial charge in [0.25, 0.3) is 0 Å². The maximum atomic E-state index is 12.3. The molecule has 3 aromatic rings. The van der Waals surface area contributed by atoms with Crippen LogP contribution in [0.5, 0.6) is 5.75 Å². The van der Waals surface area contributed by atoms with Crippen molar-refractivity contribution in [3.05, 3.63) is 75.1 Å². The summed E-state index contributed by atoms with van der Waals surface area (Å²) in [6, 6.07) is 9.94. The van der Waals surface area contributed by atoms with Crippen molar-refractivity contribution in [2.45, 2.75) is 76.6 Å². The van der Waals surface area contributed by atoms with Crippen LogP contribution >= 0.6 is 22.9 Å². The first kappa shape index (κ1) is 32.3. The summed E-state index contributed by atoms with van der Waals surface area (Å²) >= 11 is 7.78. The molecule has 1 saturated carbocycles. The van der Waals surface area contributed by atoms with E-state index in [-0.39, 0.29) is 17.7 Å². The summed E-state index contributed by atoms with van der Waals surface area (Å²) in [7, 11) is 1.65. The van der Waals surface area contributed by atoms with Crippen LogP contribution in [-0.4, -0.2) is 58.2 Å². The van der Waals surface area contributed by atoms with Gasteiger partial charge in [-0.3, -0.25) is 4.79 Å². The number of aliphatic hydroxyl groups excluding tert-OH is 3. The van der Waals surface area contributed by atoms with E-state index in [0.717, 1.165) is 62.8 Å². The number of nitrogens with one attached hydrogen (secondary N) is 2. The number of allylic oxidation sites excluding steroid dienone is 2. The van der Waals surface area contributed by atoms with Crippen molar-refractivity contribution in [2.24, 2.45) is 11.8 Å². The monoisotopic (exact) mass is 614 g/mol. The van der Waals surface area contributed by atoms with E-state index in [2.05, 4.69) is 16.4 Å². The molecule has 7 nitrogen and oxygen atoms in total. The Kier molecular flexibility index (Phi) is 12.1. The fourth-order valence-corrected chi connectivity index (χ4v) is 6.86. The molecular weight excluding hydrogens is 572 g/mol. The predicted molar refractivity (Wildman–Crippen MR) is 170 cm³/mol. The Balaban J connectivity index is 1.13. The largest absolute Gasteiger partial charge is 0.497 e. The van der Waals surface area contributed by atoms with Gasteiger partial charge in [0.2, 0.25) is 5.91 Å². The van der Waals surface area contributed by atoms with E-state index in [1.54, 1.807) is 24.5 Å². The van der Waals surface area contributed by atoms with Crippen molar-refractivity contribution < 1.29 is 24.9 Å². The first-order valence-electron chi connectivity index (χ1n) is 14.8. The van der Waals surface area contributed by atoms with Crippen molar-refractivity contribution in [3.63, 3.8) is 0 Å². The molecule has 1 aliphatic rings. The SMILES string of the molecule is COc1ccc2[nH]c(CCNC(=O)CCC/C=C\C[C@@H]3[C@@H](/C=C/[C@@H](O)CCc4cc(Cl)c(C)s4)[C@H](O)C[C@@H]3O)cc2c1. The molecule has 1 fully saturated rings. The lowest BCUT2D eigenvalue weighted by atomic mass is 9.89. The molecule has 228 valence electrons. The van der Waals surface area contributed by atoms with Gasteiger partial charge in [0.1, 0.15) is 5.75 Å². The number of carbonyl (C=O) groups is 1. The Morgan fingerprint density at radius 1 is 1.21 bits per heavy atom. The summed E-state index contributed by atoms with van der Waals surface area (Å²) in [6.07, 6.45) is 10.9. The van der Waals surface area contributed by atoms with Gasteiger partial charge in [-0.2, -0.15) is 0 Å². The van der Waals surface area contributed by atoms with Crippen LogP contribution in [0.3, 0.4) is 0 Å². The number of H-pyrrole nitrogens is 1. The van der Waals surface area contributed by atoms with Crippen LogP contribution in [0.15, 0.2) is 54.6 Å². The highest BCUT2D eigenvalue weighted by atomic mass is 35.5. The highest BCUT2D eigenvalue weighted by Crippen LogP contribution is 2.36. The van der Waals surface area contributed by atoms with Crippen molar-refractivity contribution in [2.75, 3.05) is 13.7 Å². The molecule has 2 heterocycles. The zero-order valence-corrected chi connectivity index (χ0v) is 26.0. The smallest absolute Gasteiger partial charge is 0.220 e. The Hall–Kier alpha value is -2.62. The molecule has 0 aliphatic heterocycles. The minimum atomic E-state index is -0.628. The Labute approximate surface area is 257 Å². The number of rotatable bonds is 15. The fourth-order valence-electron chi connectivity index (χ4n) is 5.60. The van der Waals surface area contributed by atoms with Gasteiger partial charge in [0.15, 0.2) is 0 Å². The molecule has 0 spiro atoms. The number of hydrogen-bond donors (Lipinski definition) is 5. The third kappa shape index (κ3) is 9.19. The number of fused-ring (bicyclic) bond motifs is 1. The Bertz CT molecular complexity index is 1350. The normalized spacial score (nSPS) is 21.6. The maximum Gasteiger partial charge on any atom is 0.220 e. The molecule has 4 rings (SSSR count). The van der Waals surface area contributed by atoms with Crippen LogP contribution in [0.1, 0.15) is 54.0 Å². The summed E-state index contributed by atoms with van der Waals surface area (Å²) in [4.78, 5) is 17.9. The number of benzene rings is 1. The van der Waals surface area contributed by atoms with Crippen molar-refractivity contribution in [3.8, 4) is 5.75 Å². The average Bonchev–Trinajstić information content (AvgIpc) is 3.60. The van der Waals surface area contributed by atoms with E-state index in [0.29, 0.717) is 32.2 Å². The van der Waals surface area contributed by atoms with Gasteiger partial charge in [-0.05, 0) is 75.3 Å². The van der Waals surface area contributed by atoms with Gasteiger partial charge in [0.05, 0.1) is 30.4 Å². The summed E-state index contributed by atoms with van der Waals surface area (Å²) in [5, 5.41) is 36.3. The standard InChI is InChI=1S/C33H43ClN2O5S/c1-21-29(34)19-26(42-21)12-9-24(37)10-13-28-27(31(38)20-32(28)39)7-5-3-4-6-8-33(40)35-16-15-23-17-22-18-25(41-2)11-14-30(22)36-23/h3,5,10-11,13-14,17-19,24,27-28,31-32,36-39H,4,6-9,12,15-16,20H2,1-2H3,(H,35,40)/b5-3-,13-10+/t24-,27+,28+,31-,32+/m0/s1. The zero-order valence-electron chi connectivity index (χ0n) is 24.4. The molecule has 42 heavy (non-hydrogen) atoms. The minimum absolute atomic E-state index is 0.0385. The fraction of sp³-hybridized carbons (Fsp3) is 0.485. The van der Waals surface area contributed by atoms with Crippen LogP contribution < -0.4 is 10.1 Å². The molecule has 1 aliphatic carbocycles. The van der Waals surface area contributed by atoms with Crippen molar-refractivity contribution in [1.82, 2.24) is 10.3 Å². The molecular formula is C33H43ClN2O5S. The first-order valence-corrected chi connectivity index (χ1v) is 16.0. The Morgan fingerprint density at radius 3 is 2.81 bits per heavy atom. The molecule has 1 aromatic carbocycles. The number of aryl methyl sites for hydroxylation is 2. The quantitative estimate of drug-likeness (QED) is 0.108. The summed E-state index contributed by atoms with van der Waals surface area (Å²) < 4.78 is 5.27. The number of carbonyl (C=O) groups excluding carboxylic acids is 1. The van der Waals surface area contributed by atoms with Gasteiger partial charge in [0, 0.05) is 58.1 Å². The van der Waals surface area contributed by atoms with Gasteiger partial charge in [-0.1, -0.05) is 35.9 Å². The number of hydrogen-bond acceptors (Lipinski definition) is 6. The van der Waals surface area contributed by atoms with Gasteiger partial charge in [-0.15, -0.1) is 11.3 Å². The topological polar surface area (TPSA) is 115 Å². The zero-order chi connectivity index (χ0) is 30.1. The number of methoxy groups -OCH3 is 1. The van der Waals surface area contributed by atoms with E-state index in [4.69, 9.17) is 16.3 Å². The van der Waals surface area contributed by atoms with Crippen LogP contribution in [0.4, 0.5) is 0 Å². The number of aromatic nitrogens is 1. The maximum absolute atomic E-state index is 12.3. The predicted octanol–water partition coefficient (Wildman–Crippen LogP) is 5.88. The second kappa shape index (κ2) is 15.7. The van der Waals surface area contributed by atoms with E-state index in [1.807, 2.05) is 49.4 Å². The molecule has 2 aromatic heterocycles. The number of aliphatic hydroxyl groups is 3. The van der Waals surface area contributed by atoms with Crippen LogP contribution in [-0.2, 0) is 17.6 Å². The average molecular weight is 615 g/mol. The van der Waals surface area contributed by atoms with E-state index in [1.165, 1.54) is 0 Å². The van der Waals surface area contributed by atoms with Gasteiger partial charge in [-0.25, -0.2) is 0 Å². The van der Waals surface area contributed by atoms with Crippen LogP contribution in [0.25, 0.3) is 10.9 Å². The Morgan fingerprint density at radius 2 is 2.05 bits per heavy atom. The molecule has 0 saturated heterocycles. The number of thiophene rings is 1. The van der Waals surface area contributed by atoms with E-state index >= 15 is 0 Å². The minimum Gasteiger partial charge on any atom is -0.497 e. The molecule has 0 radical (unpaired) electrons. The lowest BCUT2D eigenvalue weighted by Gasteiger charge is -2.19. The molecule has 9 heteroatoms. The van der Waals surface area contributed by atoms with E-state index in [9.17, 15) is 20.1 Å². The molecule has 5 atom stereocenters. The molecule has 1 amide bonds. The lowest BCUT2D eigenvalue weighted by molar-refractivity contribution is -0.121. The van der Waals surface area contributed by atoms with Crippen LogP contribution in [0.2, 0.25) is 5.02 Å². The second-order valence-electron chi connectivity index (χ2n) is 11.2. The third-order valence-corrected chi connectivity index (χ3v) is 9.63. The summed E-state index contributed by atoms with van der Waals surface area (Å²) in [6.45, 7) is 2.56. The third-order valence-electron chi connectivity index (χ3n) is 8.02. The first-order chi connectivity index (χ1) is 20.2. The molecule has 0 unspecified atom stereocenters. The summed E-state index contributed by atoms with van der Waals surface area (Å²) in [5.74, 6) is 0.550. The number of halogens is 1. The second-order valence-corrected chi connectivity index (χ2v) is 12.9. The van der Waals surface area contributed by atoms with Gasteiger partial charge < -0.3 is 30.4 Å². The highest BCUT2D eigenvalue weighted by molar-refractivity contribution is 7.12. The highest BCUT2D eigenvalue weighted by Gasteiger charge is 2.39. The number of amides is 1. The van der Waals surface area contributed by atoms with Gasteiger partial charge >= 0.3 is 0 Å². The number of unbranched alkanes of at least 4 members (excludes halogenated alkanes) is 1. The van der Waals surface area contributed by atoms with E-state index < -0.39 is 18.3 Å². The number of ether oxygens (including phenoxy) is 1. The van der Waals surface area contributed by atoms with Crippen molar-refractivity contribution in [1.29, 1.82) is 0 Å². The van der Waals surface area contributed by atoms with Crippen molar-refractivity contribution >= 4 is 39.7 Å².